The molecular formula is C17H29N5O3. The maximum atomic E-state index is 13.1. The van der Waals surface area contributed by atoms with Crippen molar-refractivity contribution >= 4 is 5.91 Å². The molecule has 2 aliphatic heterocycles. The van der Waals surface area contributed by atoms with Crippen molar-refractivity contribution in [1.29, 1.82) is 0 Å². The first kappa shape index (κ1) is 18.3. The van der Waals surface area contributed by atoms with Gasteiger partial charge in [-0.15, -0.1) is 0 Å². The number of hydrogen-bond acceptors (Lipinski definition) is 6. The minimum atomic E-state index is -1.22. The van der Waals surface area contributed by atoms with E-state index < -0.39 is 6.23 Å². The minimum absolute atomic E-state index is 0.0862. The number of hydrogen-bond donors (Lipinski definition) is 3. The molecule has 3 heterocycles. The molecule has 0 saturated carbocycles. The highest BCUT2D eigenvalue weighted by atomic mass is 16.5. The van der Waals surface area contributed by atoms with Crippen LogP contribution in [0, 0.1) is 11.8 Å². The number of rotatable bonds is 4. The first-order valence-electron chi connectivity index (χ1n) is 9.06. The first-order chi connectivity index (χ1) is 11.9. The molecule has 0 bridgehead atoms. The van der Waals surface area contributed by atoms with Crippen molar-refractivity contribution in [3.8, 4) is 0 Å². The van der Waals surface area contributed by atoms with Crippen molar-refractivity contribution in [2.24, 2.45) is 11.8 Å². The first-order valence-corrected chi connectivity index (χ1v) is 9.06. The van der Waals surface area contributed by atoms with E-state index in [9.17, 15) is 9.90 Å². The second-order valence-corrected chi connectivity index (χ2v) is 7.55. The fourth-order valence-electron chi connectivity index (χ4n) is 3.95. The summed E-state index contributed by atoms with van der Waals surface area (Å²) in [5.41, 5.74) is 2.19. The van der Waals surface area contributed by atoms with Gasteiger partial charge in [-0.3, -0.25) is 4.79 Å². The van der Waals surface area contributed by atoms with Crippen LogP contribution >= 0.6 is 0 Å². The molecule has 8 heteroatoms. The van der Waals surface area contributed by atoms with E-state index in [1.807, 2.05) is 14.9 Å². The Hall–Kier alpha value is -1.48. The van der Waals surface area contributed by atoms with Gasteiger partial charge in [-0.25, -0.2) is 4.98 Å². The van der Waals surface area contributed by atoms with Crippen LogP contribution in [0.25, 0.3) is 0 Å². The molecule has 0 aromatic carbocycles. The standard InChI is InChI=1S/C17H29N5O3/c1-11(2)14-15-18-13(16(23)19-25)10-21(15)8-9-22(14)17(24)12-4-6-20(3)7-5-12/h10-12,14,16,19,23,25H,4-9H2,1-3H3. The van der Waals surface area contributed by atoms with E-state index in [1.54, 1.807) is 6.20 Å². The SMILES string of the molecule is CC(C)C1c2nc(C(O)NO)cn2CCN1C(=O)C1CCN(C)CC1. The van der Waals surface area contributed by atoms with Crippen molar-refractivity contribution in [3.63, 3.8) is 0 Å². The average molecular weight is 351 g/mol. The lowest BCUT2D eigenvalue weighted by Gasteiger charge is -2.41. The monoisotopic (exact) mass is 351 g/mol. The summed E-state index contributed by atoms with van der Waals surface area (Å²) < 4.78 is 1.99. The Balaban J connectivity index is 1.84. The molecule has 2 atom stereocenters. The number of nitrogens with zero attached hydrogens (tertiary/aromatic N) is 4. The molecule has 140 valence electrons. The largest absolute Gasteiger partial charge is 0.371 e. The summed E-state index contributed by atoms with van der Waals surface area (Å²) in [4.78, 5) is 21.9. The van der Waals surface area contributed by atoms with Gasteiger partial charge in [0, 0.05) is 25.2 Å². The van der Waals surface area contributed by atoms with Crippen LogP contribution in [0.2, 0.25) is 0 Å². The number of hydroxylamine groups is 1. The Labute approximate surface area is 148 Å². The third-order valence-corrected chi connectivity index (χ3v) is 5.39. The molecule has 2 unspecified atom stereocenters. The summed E-state index contributed by atoms with van der Waals surface area (Å²) >= 11 is 0. The van der Waals surface area contributed by atoms with Crippen LogP contribution in [-0.2, 0) is 11.3 Å². The summed E-state index contributed by atoms with van der Waals surface area (Å²) in [6, 6.07) is -0.111. The average Bonchev–Trinajstić information content (AvgIpc) is 3.04. The lowest BCUT2D eigenvalue weighted by Crippen LogP contribution is -2.48. The number of aliphatic hydroxyl groups is 1. The van der Waals surface area contributed by atoms with Gasteiger partial charge in [0.05, 0.1) is 6.04 Å². The zero-order chi connectivity index (χ0) is 18.1. The highest BCUT2D eigenvalue weighted by molar-refractivity contribution is 5.79. The van der Waals surface area contributed by atoms with Crippen molar-refractivity contribution in [3.05, 3.63) is 17.7 Å². The third kappa shape index (κ3) is 3.57. The smallest absolute Gasteiger partial charge is 0.226 e. The van der Waals surface area contributed by atoms with E-state index >= 15 is 0 Å². The van der Waals surface area contributed by atoms with Gasteiger partial charge < -0.3 is 24.7 Å². The van der Waals surface area contributed by atoms with Crippen molar-refractivity contribution in [1.82, 2.24) is 24.8 Å². The number of aromatic nitrogens is 2. The molecule has 3 rings (SSSR count). The molecule has 0 spiro atoms. The minimum Gasteiger partial charge on any atom is -0.371 e. The fourth-order valence-corrected chi connectivity index (χ4v) is 3.95. The number of aliphatic hydroxyl groups excluding tert-OH is 1. The number of carbonyl (C=O) groups excluding carboxylic acids is 1. The zero-order valence-corrected chi connectivity index (χ0v) is 15.2. The summed E-state index contributed by atoms with van der Waals surface area (Å²) in [6.07, 6.45) is 2.34. The van der Waals surface area contributed by atoms with Gasteiger partial charge in [0.2, 0.25) is 5.91 Å². The van der Waals surface area contributed by atoms with Gasteiger partial charge in [-0.2, -0.15) is 5.48 Å². The predicted octanol–water partition coefficient (Wildman–Crippen LogP) is 0.734. The van der Waals surface area contributed by atoms with Crippen molar-refractivity contribution < 1.29 is 15.1 Å². The number of amides is 1. The number of likely N-dealkylation sites (tertiary alicyclic amines) is 1. The Bertz CT molecular complexity index is 609. The molecule has 1 aromatic heterocycles. The second kappa shape index (κ2) is 7.41. The van der Waals surface area contributed by atoms with Crippen LogP contribution < -0.4 is 5.48 Å². The molecule has 25 heavy (non-hydrogen) atoms. The number of fused-ring (bicyclic) bond motifs is 1. The zero-order valence-electron chi connectivity index (χ0n) is 15.2. The lowest BCUT2D eigenvalue weighted by atomic mass is 9.92. The summed E-state index contributed by atoms with van der Waals surface area (Å²) in [6.45, 7) is 7.41. The van der Waals surface area contributed by atoms with Gasteiger partial charge in [0.1, 0.15) is 11.5 Å². The van der Waals surface area contributed by atoms with E-state index in [2.05, 4.69) is 30.8 Å². The highest BCUT2D eigenvalue weighted by Crippen LogP contribution is 2.34. The molecular weight excluding hydrogens is 322 g/mol. The summed E-state index contributed by atoms with van der Waals surface area (Å²) in [7, 11) is 2.09. The lowest BCUT2D eigenvalue weighted by molar-refractivity contribution is -0.142. The Morgan fingerprint density at radius 3 is 2.56 bits per heavy atom. The highest BCUT2D eigenvalue weighted by Gasteiger charge is 2.38. The van der Waals surface area contributed by atoms with Gasteiger partial charge in [-0.1, -0.05) is 13.8 Å². The van der Waals surface area contributed by atoms with Gasteiger partial charge >= 0.3 is 0 Å². The van der Waals surface area contributed by atoms with Crippen molar-refractivity contribution in [2.75, 3.05) is 26.7 Å². The molecule has 2 aliphatic rings. The van der Waals surface area contributed by atoms with E-state index in [0.29, 0.717) is 18.8 Å². The van der Waals surface area contributed by atoms with E-state index in [1.165, 1.54) is 0 Å². The van der Waals surface area contributed by atoms with Crippen LogP contribution in [0.5, 0.6) is 0 Å². The summed E-state index contributed by atoms with van der Waals surface area (Å²) in [5, 5.41) is 18.7. The topological polar surface area (TPSA) is 93.9 Å². The predicted molar refractivity (Wildman–Crippen MR) is 91.6 cm³/mol. The normalized spacial score (nSPS) is 23.8. The quantitative estimate of drug-likeness (QED) is 0.547. The Morgan fingerprint density at radius 1 is 1.28 bits per heavy atom. The molecule has 0 aliphatic carbocycles. The van der Waals surface area contributed by atoms with Crippen LogP contribution in [-0.4, -0.2) is 62.3 Å². The number of imidazole rings is 1. The van der Waals surface area contributed by atoms with Gasteiger partial charge in [0.15, 0.2) is 6.23 Å². The molecule has 1 saturated heterocycles. The van der Waals surface area contributed by atoms with Gasteiger partial charge in [0.25, 0.3) is 0 Å². The van der Waals surface area contributed by atoms with Crippen LogP contribution in [0.3, 0.4) is 0 Å². The molecule has 3 N–H and O–H groups in total. The third-order valence-electron chi connectivity index (χ3n) is 5.39. The molecule has 1 aromatic rings. The van der Waals surface area contributed by atoms with E-state index in [4.69, 9.17) is 5.21 Å². The van der Waals surface area contributed by atoms with Gasteiger partial charge in [-0.05, 0) is 38.9 Å². The molecule has 1 fully saturated rings. The number of piperidine rings is 1. The van der Waals surface area contributed by atoms with Crippen molar-refractivity contribution in [2.45, 2.75) is 45.5 Å². The fraction of sp³-hybridized carbons (Fsp3) is 0.765. The molecule has 8 nitrogen and oxygen atoms in total. The number of nitrogens with one attached hydrogen (secondary N) is 1. The van der Waals surface area contributed by atoms with Crippen LogP contribution in [0.4, 0.5) is 0 Å². The summed E-state index contributed by atoms with van der Waals surface area (Å²) in [5.74, 6) is 1.31. The second-order valence-electron chi connectivity index (χ2n) is 7.55. The Kier molecular flexibility index (Phi) is 5.43. The molecule has 0 radical (unpaired) electrons. The van der Waals surface area contributed by atoms with E-state index in [-0.39, 0.29) is 23.8 Å². The van der Waals surface area contributed by atoms with Crippen LogP contribution in [0.15, 0.2) is 6.20 Å². The number of carbonyl (C=O) groups is 1. The maximum Gasteiger partial charge on any atom is 0.226 e. The van der Waals surface area contributed by atoms with E-state index in [0.717, 1.165) is 31.8 Å². The van der Waals surface area contributed by atoms with Crippen LogP contribution in [0.1, 0.15) is 50.5 Å². The Morgan fingerprint density at radius 2 is 1.96 bits per heavy atom. The maximum absolute atomic E-state index is 13.1. The molecule has 1 amide bonds.